The summed E-state index contributed by atoms with van der Waals surface area (Å²) in [5.41, 5.74) is 5.40. The lowest BCUT2D eigenvalue weighted by Crippen LogP contribution is -2.49. The molecule has 148 valence electrons. The van der Waals surface area contributed by atoms with E-state index in [1.165, 1.54) is 36.1 Å². The normalized spacial score (nSPS) is 26.1. The van der Waals surface area contributed by atoms with Gasteiger partial charge in [0.25, 0.3) is 5.91 Å². The van der Waals surface area contributed by atoms with E-state index in [1.54, 1.807) is 0 Å². The molecule has 2 saturated heterocycles. The van der Waals surface area contributed by atoms with Gasteiger partial charge in [0.05, 0.1) is 5.69 Å². The van der Waals surface area contributed by atoms with Crippen LogP contribution in [0.25, 0.3) is 5.69 Å². The highest BCUT2D eigenvalue weighted by molar-refractivity contribution is 5.94. The number of carbonyl (C=O) groups is 1. The topological polar surface area (TPSA) is 50.2 Å². The second-order valence-electron chi connectivity index (χ2n) is 8.91. The molecule has 2 unspecified atom stereocenters. The molecule has 0 radical (unpaired) electrons. The minimum absolute atomic E-state index is 0.107. The van der Waals surface area contributed by atoms with Gasteiger partial charge in [-0.05, 0) is 70.4 Å². The van der Waals surface area contributed by atoms with E-state index < -0.39 is 0 Å². The van der Waals surface area contributed by atoms with Crippen molar-refractivity contribution < 1.29 is 4.79 Å². The Kier molecular flexibility index (Phi) is 4.50. The number of fused-ring (bicyclic) bond motifs is 3. The first kappa shape index (κ1) is 17.9. The average Bonchev–Trinajstić information content (AvgIpc) is 3.27. The highest BCUT2D eigenvalue weighted by Crippen LogP contribution is 2.32. The Morgan fingerprint density at radius 2 is 1.79 bits per heavy atom. The summed E-state index contributed by atoms with van der Waals surface area (Å²) in [6.07, 6.45) is 8.93. The van der Waals surface area contributed by atoms with Crippen molar-refractivity contribution >= 4 is 5.91 Å². The van der Waals surface area contributed by atoms with E-state index in [0.29, 0.717) is 23.8 Å². The van der Waals surface area contributed by atoms with Crippen molar-refractivity contribution in [2.75, 3.05) is 7.05 Å². The molecule has 5 heteroatoms. The van der Waals surface area contributed by atoms with E-state index >= 15 is 0 Å². The van der Waals surface area contributed by atoms with Crippen LogP contribution in [0.1, 0.15) is 65.8 Å². The quantitative estimate of drug-likeness (QED) is 0.890. The maximum atomic E-state index is 13.5. The third kappa shape index (κ3) is 3.06. The predicted molar refractivity (Wildman–Crippen MR) is 110 cm³/mol. The molecule has 1 N–H and O–H groups in total. The summed E-state index contributed by atoms with van der Waals surface area (Å²) in [7, 11) is 1.98. The van der Waals surface area contributed by atoms with Crippen LogP contribution in [0, 0.1) is 6.92 Å². The zero-order valence-corrected chi connectivity index (χ0v) is 16.9. The van der Waals surface area contributed by atoms with E-state index in [4.69, 9.17) is 5.10 Å². The molecule has 2 fully saturated rings. The number of nitrogens with one attached hydrogen (secondary N) is 1. The fourth-order valence-electron chi connectivity index (χ4n) is 5.35. The second-order valence-corrected chi connectivity index (χ2v) is 8.91. The molecular weight excluding hydrogens is 348 g/mol. The minimum atomic E-state index is 0.107. The summed E-state index contributed by atoms with van der Waals surface area (Å²) in [6.45, 7) is 2.10. The van der Waals surface area contributed by atoms with Crippen molar-refractivity contribution in [3.63, 3.8) is 0 Å². The molecule has 2 aromatic rings. The molecule has 3 aliphatic rings. The van der Waals surface area contributed by atoms with Gasteiger partial charge in [0.2, 0.25) is 0 Å². The van der Waals surface area contributed by atoms with E-state index in [-0.39, 0.29) is 5.91 Å². The van der Waals surface area contributed by atoms with E-state index in [1.807, 2.05) is 16.6 Å². The lowest BCUT2D eigenvalue weighted by molar-refractivity contribution is 0.0674. The molecule has 0 saturated carbocycles. The maximum absolute atomic E-state index is 13.5. The summed E-state index contributed by atoms with van der Waals surface area (Å²) in [4.78, 5) is 15.5. The van der Waals surface area contributed by atoms with Gasteiger partial charge in [-0.25, -0.2) is 4.68 Å². The van der Waals surface area contributed by atoms with Crippen LogP contribution in [0.4, 0.5) is 0 Å². The molecule has 1 aliphatic carbocycles. The van der Waals surface area contributed by atoms with Crippen molar-refractivity contribution in [1.82, 2.24) is 20.0 Å². The fraction of sp³-hybridized carbons (Fsp3) is 0.565. The van der Waals surface area contributed by atoms with Gasteiger partial charge in [0.15, 0.2) is 5.69 Å². The van der Waals surface area contributed by atoms with E-state index in [2.05, 4.69) is 36.5 Å². The minimum Gasteiger partial charge on any atom is -0.337 e. The Bertz CT molecular complexity index is 873. The molecule has 2 aliphatic heterocycles. The summed E-state index contributed by atoms with van der Waals surface area (Å²) >= 11 is 0. The molecule has 1 aromatic heterocycles. The number of aryl methyl sites for hydroxylation is 1. The molecule has 5 nitrogen and oxygen atoms in total. The van der Waals surface area contributed by atoms with Crippen LogP contribution in [-0.2, 0) is 12.8 Å². The van der Waals surface area contributed by atoms with Gasteiger partial charge < -0.3 is 10.2 Å². The van der Waals surface area contributed by atoms with Gasteiger partial charge in [-0.1, -0.05) is 17.7 Å². The van der Waals surface area contributed by atoms with Crippen molar-refractivity contribution in [3.05, 3.63) is 46.8 Å². The van der Waals surface area contributed by atoms with Crippen LogP contribution in [0.15, 0.2) is 24.3 Å². The first-order chi connectivity index (χ1) is 13.6. The van der Waals surface area contributed by atoms with Crippen molar-refractivity contribution in [3.8, 4) is 5.69 Å². The summed E-state index contributed by atoms with van der Waals surface area (Å²) < 4.78 is 2.03. The lowest BCUT2D eigenvalue weighted by Gasteiger charge is -2.35. The van der Waals surface area contributed by atoms with Crippen LogP contribution in [0.3, 0.4) is 0 Å². The number of piperidine rings is 1. The van der Waals surface area contributed by atoms with E-state index in [0.717, 1.165) is 37.8 Å². The average molecular weight is 379 g/mol. The molecule has 1 aromatic carbocycles. The summed E-state index contributed by atoms with van der Waals surface area (Å²) in [5, 5.41) is 8.55. The smallest absolute Gasteiger partial charge is 0.274 e. The number of carbonyl (C=O) groups excluding carboxylic acids is 1. The lowest BCUT2D eigenvalue weighted by atomic mass is 9.94. The fourth-order valence-corrected chi connectivity index (χ4v) is 5.35. The Balaban J connectivity index is 1.47. The second kappa shape index (κ2) is 7.03. The van der Waals surface area contributed by atoms with Crippen LogP contribution < -0.4 is 5.32 Å². The number of nitrogens with zero attached hydrogens (tertiary/aromatic N) is 3. The van der Waals surface area contributed by atoms with Crippen molar-refractivity contribution in [1.29, 1.82) is 0 Å². The van der Waals surface area contributed by atoms with Gasteiger partial charge in [-0.15, -0.1) is 0 Å². The predicted octanol–water partition coefficient (Wildman–Crippen LogP) is 3.41. The van der Waals surface area contributed by atoms with Crippen LogP contribution in [0.5, 0.6) is 0 Å². The Morgan fingerprint density at radius 1 is 1.11 bits per heavy atom. The number of hydrogen-bond acceptors (Lipinski definition) is 3. The van der Waals surface area contributed by atoms with E-state index in [9.17, 15) is 4.79 Å². The van der Waals surface area contributed by atoms with Gasteiger partial charge >= 0.3 is 0 Å². The number of amides is 1. The molecule has 0 spiro atoms. The molecular formula is C23H30N4O. The van der Waals surface area contributed by atoms with Crippen LogP contribution in [0.2, 0.25) is 0 Å². The number of aromatic nitrogens is 2. The van der Waals surface area contributed by atoms with Crippen molar-refractivity contribution in [2.24, 2.45) is 0 Å². The zero-order chi connectivity index (χ0) is 19.3. The molecule has 5 rings (SSSR count). The molecule has 3 heterocycles. The Labute approximate surface area is 167 Å². The Hall–Kier alpha value is -2.14. The number of rotatable bonds is 3. The van der Waals surface area contributed by atoms with Gasteiger partial charge in [0.1, 0.15) is 0 Å². The number of hydrogen-bond donors (Lipinski definition) is 1. The summed E-state index contributed by atoms with van der Waals surface area (Å²) in [5.74, 6) is 0.107. The standard InChI is InChI=1S/C23H30N4O/c1-15-7-11-18(12-8-15)27-21-6-4-3-5-20(21)22(25-27)23(28)26(2)19-13-16-9-10-17(14-19)24-16/h7-8,11-12,16-17,19,24H,3-6,9-10,13-14H2,1-2H3. The van der Waals surface area contributed by atoms with Gasteiger partial charge in [-0.3, -0.25) is 4.79 Å². The SMILES string of the molecule is Cc1ccc(-n2nc(C(=O)N(C)C3CC4CCC(C3)N4)c3c2CCCC3)cc1. The van der Waals surface area contributed by atoms with Gasteiger partial charge in [-0.2, -0.15) is 5.10 Å². The van der Waals surface area contributed by atoms with Crippen LogP contribution >= 0.6 is 0 Å². The molecule has 2 bridgehead atoms. The number of benzene rings is 1. The third-order valence-electron chi connectivity index (χ3n) is 6.98. The molecule has 1 amide bonds. The monoisotopic (exact) mass is 378 g/mol. The molecule has 2 atom stereocenters. The third-order valence-corrected chi connectivity index (χ3v) is 6.98. The summed E-state index contributed by atoms with van der Waals surface area (Å²) in [6, 6.07) is 9.94. The largest absolute Gasteiger partial charge is 0.337 e. The zero-order valence-electron chi connectivity index (χ0n) is 16.9. The first-order valence-electron chi connectivity index (χ1n) is 10.8. The Morgan fingerprint density at radius 3 is 2.50 bits per heavy atom. The molecule has 28 heavy (non-hydrogen) atoms. The van der Waals surface area contributed by atoms with Crippen LogP contribution in [-0.4, -0.2) is 45.8 Å². The highest BCUT2D eigenvalue weighted by atomic mass is 16.2. The van der Waals surface area contributed by atoms with Gasteiger partial charge in [0, 0.05) is 36.4 Å². The van der Waals surface area contributed by atoms with Crippen molar-refractivity contribution in [2.45, 2.75) is 76.4 Å². The first-order valence-corrected chi connectivity index (χ1v) is 10.8. The highest BCUT2D eigenvalue weighted by Gasteiger charge is 2.38. The maximum Gasteiger partial charge on any atom is 0.274 e.